The van der Waals surface area contributed by atoms with Crippen molar-refractivity contribution in [3.8, 4) is 5.69 Å². The Labute approximate surface area is 185 Å². The summed E-state index contributed by atoms with van der Waals surface area (Å²) >= 11 is 0. The molecule has 2 aromatic carbocycles. The van der Waals surface area contributed by atoms with Crippen molar-refractivity contribution >= 4 is 17.7 Å². The van der Waals surface area contributed by atoms with Crippen LogP contribution in [-0.4, -0.2) is 59.2 Å². The van der Waals surface area contributed by atoms with Crippen molar-refractivity contribution in [2.75, 3.05) is 26.8 Å². The maximum atomic E-state index is 12.6. The highest BCUT2D eigenvalue weighted by Gasteiger charge is 2.35. The SMILES string of the molecule is COCCCN1C(=O)c2ccc(C(=O)NCCc3ccn(-c4ccccc4)n3)cc2C1=O. The molecular weight excluding hydrogens is 408 g/mol. The van der Waals surface area contributed by atoms with Gasteiger partial charge in [0.15, 0.2) is 0 Å². The molecule has 1 aliphatic rings. The predicted molar refractivity (Wildman–Crippen MR) is 118 cm³/mol. The van der Waals surface area contributed by atoms with Gasteiger partial charge in [0.1, 0.15) is 0 Å². The molecule has 8 nitrogen and oxygen atoms in total. The summed E-state index contributed by atoms with van der Waals surface area (Å²) in [5.74, 6) is -1.00. The lowest BCUT2D eigenvalue weighted by molar-refractivity contribution is 0.0638. The fourth-order valence-electron chi connectivity index (χ4n) is 3.63. The molecule has 0 atom stereocenters. The standard InChI is InChI=1S/C24H24N4O4/c1-32-15-5-13-27-23(30)20-9-8-17(16-21(20)24(27)31)22(29)25-12-10-18-11-14-28(26-18)19-6-3-2-4-7-19/h2-4,6-9,11,14,16H,5,10,12-13,15H2,1H3,(H,25,29). The second kappa shape index (κ2) is 9.57. The molecule has 0 unspecified atom stereocenters. The molecule has 4 rings (SSSR count). The second-order valence-electron chi connectivity index (χ2n) is 7.46. The van der Waals surface area contributed by atoms with Crippen LogP contribution in [0.25, 0.3) is 5.69 Å². The van der Waals surface area contributed by atoms with Crippen LogP contribution in [0.4, 0.5) is 0 Å². The van der Waals surface area contributed by atoms with Gasteiger partial charge in [-0.1, -0.05) is 18.2 Å². The highest BCUT2D eigenvalue weighted by atomic mass is 16.5. The molecule has 0 saturated heterocycles. The third-order valence-electron chi connectivity index (χ3n) is 5.29. The van der Waals surface area contributed by atoms with Gasteiger partial charge in [-0.15, -0.1) is 0 Å². The van der Waals surface area contributed by atoms with Crippen molar-refractivity contribution < 1.29 is 19.1 Å². The molecule has 1 aliphatic heterocycles. The number of rotatable bonds is 9. The topological polar surface area (TPSA) is 93.5 Å². The van der Waals surface area contributed by atoms with Crippen molar-refractivity contribution in [2.24, 2.45) is 0 Å². The average molecular weight is 432 g/mol. The van der Waals surface area contributed by atoms with Gasteiger partial charge in [0.25, 0.3) is 17.7 Å². The molecule has 0 fully saturated rings. The van der Waals surface area contributed by atoms with E-state index < -0.39 is 0 Å². The average Bonchev–Trinajstić information content (AvgIpc) is 3.38. The summed E-state index contributed by atoms with van der Waals surface area (Å²) in [6, 6.07) is 16.3. The van der Waals surface area contributed by atoms with E-state index in [0.717, 1.165) is 11.4 Å². The van der Waals surface area contributed by atoms with E-state index in [9.17, 15) is 14.4 Å². The van der Waals surface area contributed by atoms with Crippen LogP contribution < -0.4 is 5.32 Å². The number of methoxy groups -OCH3 is 1. The molecule has 3 amide bonds. The van der Waals surface area contributed by atoms with E-state index in [4.69, 9.17) is 4.74 Å². The lowest BCUT2D eigenvalue weighted by Crippen LogP contribution is -2.31. The normalized spacial score (nSPS) is 12.8. The molecule has 0 bridgehead atoms. The van der Waals surface area contributed by atoms with Crippen LogP contribution in [0.1, 0.15) is 43.2 Å². The molecule has 1 N–H and O–H groups in total. The number of imide groups is 1. The van der Waals surface area contributed by atoms with Crippen LogP contribution >= 0.6 is 0 Å². The summed E-state index contributed by atoms with van der Waals surface area (Å²) < 4.78 is 6.78. The number of carbonyl (C=O) groups is 3. The summed E-state index contributed by atoms with van der Waals surface area (Å²) in [5, 5.41) is 7.38. The highest BCUT2D eigenvalue weighted by molar-refractivity contribution is 6.22. The Bertz CT molecular complexity index is 1140. The fourth-order valence-corrected chi connectivity index (χ4v) is 3.63. The van der Waals surface area contributed by atoms with Crippen LogP contribution in [-0.2, 0) is 11.2 Å². The van der Waals surface area contributed by atoms with E-state index in [1.54, 1.807) is 23.9 Å². The Balaban J connectivity index is 1.35. The number of ether oxygens (including phenoxy) is 1. The number of hydrogen-bond acceptors (Lipinski definition) is 5. The van der Waals surface area contributed by atoms with Crippen molar-refractivity contribution in [1.82, 2.24) is 20.0 Å². The first kappa shape index (κ1) is 21.5. The molecule has 8 heteroatoms. The molecular formula is C24H24N4O4. The first-order valence-corrected chi connectivity index (χ1v) is 10.5. The number of nitrogens with one attached hydrogen (secondary N) is 1. The number of amides is 3. The molecule has 0 saturated carbocycles. The fraction of sp³-hybridized carbons (Fsp3) is 0.250. The zero-order valence-electron chi connectivity index (χ0n) is 17.8. The van der Waals surface area contributed by atoms with E-state index in [0.29, 0.717) is 37.1 Å². The summed E-state index contributed by atoms with van der Waals surface area (Å²) in [6.07, 6.45) is 3.02. The molecule has 0 spiro atoms. The first-order chi connectivity index (χ1) is 15.6. The minimum Gasteiger partial charge on any atom is -0.385 e. The van der Waals surface area contributed by atoms with Crippen LogP contribution in [0.2, 0.25) is 0 Å². The third-order valence-corrected chi connectivity index (χ3v) is 5.29. The van der Waals surface area contributed by atoms with Crippen molar-refractivity contribution in [2.45, 2.75) is 12.8 Å². The molecule has 2 heterocycles. The Morgan fingerprint density at radius 2 is 1.81 bits per heavy atom. The second-order valence-corrected chi connectivity index (χ2v) is 7.46. The van der Waals surface area contributed by atoms with E-state index >= 15 is 0 Å². The Hall–Kier alpha value is -3.78. The number of hydrogen-bond donors (Lipinski definition) is 1. The smallest absolute Gasteiger partial charge is 0.261 e. The monoisotopic (exact) mass is 432 g/mol. The van der Waals surface area contributed by atoms with Gasteiger partial charge >= 0.3 is 0 Å². The predicted octanol–water partition coefficient (Wildman–Crippen LogP) is 2.48. The van der Waals surface area contributed by atoms with E-state index in [2.05, 4.69) is 10.4 Å². The van der Waals surface area contributed by atoms with Crippen molar-refractivity contribution in [1.29, 1.82) is 0 Å². The van der Waals surface area contributed by atoms with Crippen molar-refractivity contribution in [3.63, 3.8) is 0 Å². The molecule has 3 aromatic rings. The summed E-state index contributed by atoms with van der Waals surface area (Å²) in [6.45, 7) is 1.15. The number of carbonyl (C=O) groups excluding carboxylic acids is 3. The van der Waals surface area contributed by atoms with E-state index in [1.165, 1.54) is 11.0 Å². The summed E-state index contributed by atoms with van der Waals surface area (Å²) in [7, 11) is 1.57. The van der Waals surface area contributed by atoms with Crippen LogP contribution in [0.15, 0.2) is 60.8 Å². The van der Waals surface area contributed by atoms with Gasteiger partial charge in [-0.3, -0.25) is 19.3 Å². The summed E-state index contributed by atoms with van der Waals surface area (Å²) in [5.41, 5.74) is 2.77. The van der Waals surface area contributed by atoms with Crippen molar-refractivity contribution in [3.05, 3.63) is 83.2 Å². The number of fused-ring (bicyclic) bond motifs is 1. The first-order valence-electron chi connectivity index (χ1n) is 10.5. The number of para-hydroxylation sites is 1. The highest BCUT2D eigenvalue weighted by Crippen LogP contribution is 2.24. The Morgan fingerprint density at radius 3 is 2.59 bits per heavy atom. The van der Waals surface area contributed by atoms with Crippen LogP contribution in [0, 0.1) is 0 Å². The molecule has 0 radical (unpaired) electrons. The third kappa shape index (κ3) is 4.45. The van der Waals surface area contributed by atoms with Gasteiger partial charge in [0.05, 0.1) is 22.5 Å². The summed E-state index contributed by atoms with van der Waals surface area (Å²) in [4.78, 5) is 38.9. The minimum absolute atomic E-state index is 0.265. The van der Waals surface area contributed by atoms with Gasteiger partial charge in [0.2, 0.25) is 0 Å². The lowest BCUT2D eigenvalue weighted by Gasteiger charge is -2.12. The number of nitrogens with zero attached hydrogens (tertiary/aromatic N) is 3. The lowest BCUT2D eigenvalue weighted by atomic mass is 10.1. The number of aromatic nitrogens is 2. The molecule has 32 heavy (non-hydrogen) atoms. The minimum atomic E-state index is -0.373. The zero-order chi connectivity index (χ0) is 22.5. The van der Waals surface area contributed by atoms with Gasteiger partial charge in [0, 0.05) is 45.0 Å². The van der Waals surface area contributed by atoms with Gasteiger partial charge in [-0.05, 0) is 42.8 Å². The van der Waals surface area contributed by atoms with Gasteiger partial charge in [-0.2, -0.15) is 5.10 Å². The van der Waals surface area contributed by atoms with Crippen LogP contribution in [0.5, 0.6) is 0 Å². The Kier molecular flexibility index (Phi) is 6.42. The maximum Gasteiger partial charge on any atom is 0.261 e. The van der Waals surface area contributed by atoms with Gasteiger partial charge < -0.3 is 10.1 Å². The molecule has 1 aromatic heterocycles. The Morgan fingerprint density at radius 1 is 1.03 bits per heavy atom. The molecule has 164 valence electrons. The number of benzene rings is 2. The van der Waals surface area contributed by atoms with E-state index in [-0.39, 0.29) is 29.8 Å². The quantitative estimate of drug-likeness (QED) is 0.414. The largest absolute Gasteiger partial charge is 0.385 e. The van der Waals surface area contributed by atoms with Gasteiger partial charge in [-0.25, -0.2) is 4.68 Å². The zero-order valence-corrected chi connectivity index (χ0v) is 17.8. The maximum absolute atomic E-state index is 12.6. The van der Waals surface area contributed by atoms with Crippen LogP contribution in [0.3, 0.4) is 0 Å². The van der Waals surface area contributed by atoms with E-state index in [1.807, 2.05) is 42.6 Å². The molecule has 0 aliphatic carbocycles.